The Morgan fingerprint density at radius 1 is 1.38 bits per heavy atom. The smallest absolute Gasteiger partial charge is 0.189 e. The van der Waals surface area contributed by atoms with Crippen molar-refractivity contribution in [1.29, 1.82) is 0 Å². The van der Waals surface area contributed by atoms with E-state index in [9.17, 15) is 0 Å². The summed E-state index contributed by atoms with van der Waals surface area (Å²) in [6.07, 6.45) is -0.0632. The Morgan fingerprint density at radius 3 is 2.67 bits per heavy atom. The first-order chi connectivity index (χ1) is 9.52. The number of rotatable bonds is 7. The number of halogens is 2. The average Bonchev–Trinajstić information content (AvgIpc) is 2.39. The van der Waals surface area contributed by atoms with Gasteiger partial charge in [0.15, 0.2) is 5.96 Å². The third kappa shape index (κ3) is 8.47. The highest BCUT2D eigenvalue weighted by atomic mass is 127. The first-order valence-electron chi connectivity index (χ1n) is 6.49. The molecule has 3 N–H and O–H groups in total. The molecular weight excluding hydrogens is 449 g/mol. The molecule has 21 heavy (non-hydrogen) atoms. The van der Waals surface area contributed by atoms with Gasteiger partial charge in [-0.1, -0.05) is 12.1 Å². The lowest BCUT2D eigenvalue weighted by molar-refractivity contribution is 0.179. The zero-order valence-electron chi connectivity index (χ0n) is 12.5. The summed E-state index contributed by atoms with van der Waals surface area (Å²) in [5.41, 5.74) is 5.79. The van der Waals surface area contributed by atoms with E-state index in [0.717, 1.165) is 10.2 Å². The van der Waals surface area contributed by atoms with Crippen LogP contribution in [0.25, 0.3) is 0 Å². The lowest BCUT2D eigenvalue weighted by atomic mass is 10.3. The second-order valence-corrected chi connectivity index (χ2v) is 5.44. The molecule has 1 aromatic rings. The van der Waals surface area contributed by atoms with Gasteiger partial charge in [0.05, 0.1) is 17.6 Å². The molecule has 7 heteroatoms. The summed E-state index contributed by atoms with van der Waals surface area (Å²) >= 11 is 3.44. The van der Waals surface area contributed by atoms with Crippen LogP contribution < -0.4 is 15.8 Å². The highest BCUT2D eigenvalue weighted by Crippen LogP contribution is 2.24. The van der Waals surface area contributed by atoms with E-state index in [1.165, 1.54) is 0 Å². The molecule has 0 bridgehead atoms. The number of hydrogen-bond acceptors (Lipinski definition) is 3. The Bertz CT molecular complexity index is 446. The van der Waals surface area contributed by atoms with Gasteiger partial charge in [0.1, 0.15) is 11.9 Å². The molecule has 0 aliphatic carbocycles. The Morgan fingerprint density at radius 2 is 2.05 bits per heavy atom. The maximum absolute atomic E-state index is 5.79. The molecule has 0 aromatic heterocycles. The SMILES string of the molecule is COCC(C)NC(N)=NCC(C)Oc1ccccc1Br.I. The predicted molar refractivity (Wildman–Crippen MR) is 101 cm³/mol. The van der Waals surface area contributed by atoms with E-state index in [-0.39, 0.29) is 36.1 Å². The molecule has 2 atom stereocenters. The molecule has 5 nitrogen and oxygen atoms in total. The van der Waals surface area contributed by atoms with Crippen LogP contribution in [-0.2, 0) is 4.74 Å². The molecular formula is C14H23BrIN3O2. The number of ether oxygens (including phenoxy) is 2. The molecule has 0 fully saturated rings. The van der Waals surface area contributed by atoms with Crippen molar-refractivity contribution in [3.05, 3.63) is 28.7 Å². The number of aliphatic imine (C=N–C) groups is 1. The Hall–Kier alpha value is -0.540. The molecule has 0 aliphatic heterocycles. The van der Waals surface area contributed by atoms with Crippen molar-refractivity contribution in [2.45, 2.75) is 26.0 Å². The van der Waals surface area contributed by atoms with Gasteiger partial charge < -0.3 is 20.5 Å². The van der Waals surface area contributed by atoms with E-state index in [2.05, 4.69) is 26.2 Å². The molecule has 1 rings (SSSR count). The second-order valence-electron chi connectivity index (χ2n) is 4.59. The van der Waals surface area contributed by atoms with Crippen molar-refractivity contribution >= 4 is 45.9 Å². The number of nitrogens with zero attached hydrogens (tertiary/aromatic N) is 1. The first kappa shape index (κ1) is 20.5. The fourth-order valence-electron chi connectivity index (χ4n) is 1.61. The monoisotopic (exact) mass is 471 g/mol. The van der Waals surface area contributed by atoms with Crippen LogP contribution in [0.15, 0.2) is 33.7 Å². The zero-order chi connectivity index (χ0) is 15.0. The number of guanidine groups is 1. The summed E-state index contributed by atoms with van der Waals surface area (Å²) in [7, 11) is 1.65. The Balaban J connectivity index is 0.00000400. The molecule has 0 saturated heterocycles. The molecule has 0 spiro atoms. The average molecular weight is 472 g/mol. The van der Waals surface area contributed by atoms with E-state index in [1.807, 2.05) is 38.1 Å². The number of nitrogens with one attached hydrogen (secondary N) is 1. The van der Waals surface area contributed by atoms with Gasteiger partial charge in [-0.05, 0) is 41.9 Å². The van der Waals surface area contributed by atoms with Gasteiger partial charge in [-0.3, -0.25) is 0 Å². The molecule has 0 amide bonds. The fraction of sp³-hybridized carbons (Fsp3) is 0.500. The topological polar surface area (TPSA) is 68.9 Å². The van der Waals surface area contributed by atoms with Gasteiger partial charge in [-0.25, -0.2) is 4.99 Å². The third-order valence-corrected chi connectivity index (χ3v) is 3.15. The van der Waals surface area contributed by atoms with Crippen molar-refractivity contribution in [1.82, 2.24) is 5.32 Å². The summed E-state index contributed by atoms with van der Waals surface area (Å²) in [6.45, 7) is 5.00. The standard InChI is InChI=1S/C14H22BrN3O2.HI/c1-10(9-19-3)18-14(16)17-8-11(2)20-13-7-5-4-6-12(13)15;/h4-7,10-11H,8-9H2,1-3H3,(H3,16,17,18);1H. The van der Waals surface area contributed by atoms with Gasteiger partial charge in [-0.2, -0.15) is 0 Å². The van der Waals surface area contributed by atoms with Gasteiger partial charge in [-0.15, -0.1) is 24.0 Å². The lowest BCUT2D eigenvalue weighted by Gasteiger charge is -2.16. The summed E-state index contributed by atoms with van der Waals surface area (Å²) in [5.74, 6) is 1.20. The normalized spacial score (nSPS) is 14.0. The van der Waals surface area contributed by atoms with Crippen molar-refractivity contribution in [3.63, 3.8) is 0 Å². The van der Waals surface area contributed by atoms with Gasteiger partial charge in [0.25, 0.3) is 0 Å². The van der Waals surface area contributed by atoms with E-state index >= 15 is 0 Å². The molecule has 0 heterocycles. The van der Waals surface area contributed by atoms with E-state index < -0.39 is 0 Å². The maximum atomic E-state index is 5.79. The third-order valence-electron chi connectivity index (χ3n) is 2.49. The highest BCUT2D eigenvalue weighted by molar-refractivity contribution is 14.0. The number of hydrogen-bond donors (Lipinski definition) is 2. The van der Waals surface area contributed by atoms with Crippen LogP contribution in [0.2, 0.25) is 0 Å². The Kier molecular flexibility index (Phi) is 10.8. The minimum Gasteiger partial charge on any atom is -0.488 e. The van der Waals surface area contributed by atoms with E-state index in [1.54, 1.807) is 7.11 Å². The van der Waals surface area contributed by atoms with Crippen molar-refractivity contribution in [2.24, 2.45) is 10.7 Å². The van der Waals surface area contributed by atoms with Crippen LogP contribution in [0, 0.1) is 0 Å². The number of methoxy groups -OCH3 is 1. The van der Waals surface area contributed by atoms with Gasteiger partial charge >= 0.3 is 0 Å². The zero-order valence-corrected chi connectivity index (χ0v) is 16.4. The first-order valence-corrected chi connectivity index (χ1v) is 7.28. The molecule has 0 saturated carbocycles. The van der Waals surface area contributed by atoms with Crippen LogP contribution in [0.1, 0.15) is 13.8 Å². The molecule has 2 unspecified atom stereocenters. The van der Waals surface area contributed by atoms with E-state index in [0.29, 0.717) is 19.1 Å². The van der Waals surface area contributed by atoms with Crippen LogP contribution in [0.3, 0.4) is 0 Å². The van der Waals surface area contributed by atoms with Crippen LogP contribution in [-0.4, -0.2) is 38.4 Å². The largest absolute Gasteiger partial charge is 0.488 e. The van der Waals surface area contributed by atoms with Crippen molar-refractivity contribution in [2.75, 3.05) is 20.3 Å². The molecule has 1 aromatic carbocycles. The summed E-state index contributed by atoms with van der Waals surface area (Å²) in [5, 5.41) is 3.05. The number of nitrogens with two attached hydrogens (primary N) is 1. The molecule has 120 valence electrons. The summed E-state index contributed by atoms with van der Waals surface area (Å²) in [4.78, 5) is 4.26. The fourth-order valence-corrected chi connectivity index (χ4v) is 1.99. The Labute approximate surface area is 151 Å². The number of para-hydroxylation sites is 1. The lowest BCUT2D eigenvalue weighted by Crippen LogP contribution is -2.41. The summed E-state index contributed by atoms with van der Waals surface area (Å²) < 4.78 is 11.7. The minimum absolute atomic E-state index is 0. The molecule has 0 aliphatic rings. The van der Waals surface area contributed by atoms with Crippen molar-refractivity contribution < 1.29 is 9.47 Å². The predicted octanol–water partition coefficient (Wildman–Crippen LogP) is 2.77. The summed E-state index contributed by atoms with van der Waals surface area (Å²) in [6, 6.07) is 7.85. The highest BCUT2D eigenvalue weighted by Gasteiger charge is 2.07. The quantitative estimate of drug-likeness (QED) is 0.364. The van der Waals surface area contributed by atoms with Crippen LogP contribution in [0.5, 0.6) is 5.75 Å². The maximum Gasteiger partial charge on any atom is 0.189 e. The minimum atomic E-state index is -0.0632. The van der Waals surface area contributed by atoms with Crippen LogP contribution >= 0.6 is 39.9 Å². The number of benzene rings is 1. The van der Waals surface area contributed by atoms with Crippen LogP contribution in [0.4, 0.5) is 0 Å². The molecule has 0 radical (unpaired) electrons. The van der Waals surface area contributed by atoms with E-state index in [4.69, 9.17) is 15.2 Å². The van der Waals surface area contributed by atoms with Crippen molar-refractivity contribution in [3.8, 4) is 5.75 Å². The van der Waals surface area contributed by atoms with Gasteiger partial charge in [0.2, 0.25) is 0 Å². The second kappa shape index (κ2) is 11.1. The van der Waals surface area contributed by atoms with Gasteiger partial charge in [0, 0.05) is 13.2 Å².